The number of rotatable bonds is 6. The van der Waals surface area contributed by atoms with E-state index in [1.165, 1.54) is 29.2 Å². The molecule has 0 radical (unpaired) electrons. The van der Waals surface area contributed by atoms with Crippen molar-refractivity contribution in [1.82, 2.24) is 4.90 Å². The molecular formula is C25H23N3O4. The number of allylic oxidation sites excluding steroid dienone is 1. The van der Waals surface area contributed by atoms with Gasteiger partial charge in [0.2, 0.25) is 0 Å². The third-order valence-electron chi connectivity index (χ3n) is 4.91. The number of amides is 3. The second kappa shape index (κ2) is 10.2. The van der Waals surface area contributed by atoms with Gasteiger partial charge in [-0.3, -0.25) is 14.9 Å². The summed E-state index contributed by atoms with van der Waals surface area (Å²) in [7, 11) is 1.61. The average molecular weight is 429 g/mol. The van der Waals surface area contributed by atoms with E-state index in [-0.39, 0.29) is 11.4 Å². The first-order chi connectivity index (χ1) is 15.4. The highest BCUT2D eigenvalue weighted by atomic mass is 16.6. The highest BCUT2D eigenvalue weighted by Crippen LogP contribution is 2.26. The van der Waals surface area contributed by atoms with E-state index in [9.17, 15) is 19.7 Å². The van der Waals surface area contributed by atoms with Crippen LogP contribution in [0.2, 0.25) is 0 Å². The van der Waals surface area contributed by atoms with Crippen LogP contribution in [-0.4, -0.2) is 28.8 Å². The van der Waals surface area contributed by atoms with Gasteiger partial charge in [0.25, 0.3) is 11.6 Å². The molecule has 0 aliphatic rings. The number of nitro benzene ring substituents is 1. The average Bonchev–Trinajstić information content (AvgIpc) is 2.81. The number of anilines is 1. The predicted octanol–water partition coefficient (Wildman–Crippen LogP) is 5.28. The standard InChI is InChI=1S/C25H23N3O4/c1-3-23(20-12-8-5-9-13-20)24(29)27(21-14-16-22(17-15-21)28(31)32)25(30)26(2)18-19-10-6-4-7-11-19/h3-17H,18H2,1-2H3/b23-3+. The van der Waals surface area contributed by atoms with E-state index in [2.05, 4.69) is 0 Å². The van der Waals surface area contributed by atoms with Crippen molar-refractivity contribution in [2.45, 2.75) is 13.5 Å². The van der Waals surface area contributed by atoms with E-state index in [0.717, 1.165) is 10.5 Å². The largest absolute Gasteiger partial charge is 0.331 e. The SMILES string of the molecule is C/C=C(/C(=O)N(C(=O)N(C)Cc1ccccc1)c1ccc([N+](=O)[O-])cc1)c1ccccc1. The summed E-state index contributed by atoms with van der Waals surface area (Å²) in [6.45, 7) is 2.03. The highest BCUT2D eigenvalue weighted by Gasteiger charge is 2.29. The summed E-state index contributed by atoms with van der Waals surface area (Å²) < 4.78 is 0. The van der Waals surface area contributed by atoms with Crippen LogP contribution < -0.4 is 4.90 Å². The highest BCUT2D eigenvalue weighted by molar-refractivity contribution is 6.33. The Labute approximate surface area is 186 Å². The van der Waals surface area contributed by atoms with Gasteiger partial charge in [-0.05, 0) is 30.2 Å². The van der Waals surface area contributed by atoms with Crippen LogP contribution in [0.25, 0.3) is 5.57 Å². The molecule has 7 heteroatoms. The molecule has 3 aromatic rings. The van der Waals surface area contributed by atoms with Crippen molar-refractivity contribution in [2.75, 3.05) is 11.9 Å². The fourth-order valence-corrected chi connectivity index (χ4v) is 3.29. The maximum atomic E-state index is 13.6. The molecule has 3 aromatic carbocycles. The van der Waals surface area contributed by atoms with E-state index in [0.29, 0.717) is 17.7 Å². The van der Waals surface area contributed by atoms with Crippen LogP contribution in [0.1, 0.15) is 18.1 Å². The zero-order chi connectivity index (χ0) is 23.1. The van der Waals surface area contributed by atoms with Gasteiger partial charge in [-0.25, -0.2) is 9.69 Å². The fraction of sp³-hybridized carbons (Fsp3) is 0.120. The second-order valence-electron chi connectivity index (χ2n) is 7.11. The van der Waals surface area contributed by atoms with Crippen molar-refractivity contribution < 1.29 is 14.5 Å². The van der Waals surface area contributed by atoms with Crippen molar-refractivity contribution in [3.05, 3.63) is 112 Å². The van der Waals surface area contributed by atoms with Crippen LogP contribution in [0.3, 0.4) is 0 Å². The van der Waals surface area contributed by atoms with Crippen LogP contribution in [0.15, 0.2) is 91.0 Å². The number of imide groups is 1. The van der Waals surface area contributed by atoms with Gasteiger partial charge in [0.15, 0.2) is 0 Å². The number of non-ortho nitro benzene ring substituents is 1. The number of nitrogens with zero attached hydrogens (tertiary/aromatic N) is 3. The second-order valence-corrected chi connectivity index (χ2v) is 7.11. The smallest absolute Gasteiger partial charge is 0.323 e. The number of nitro groups is 1. The molecule has 0 atom stereocenters. The summed E-state index contributed by atoms with van der Waals surface area (Å²) in [6.07, 6.45) is 1.65. The molecule has 32 heavy (non-hydrogen) atoms. The van der Waals surface area contributed by atoms with Gasteiger partial charge in [0.05, 0.1) is 10.6 Å². The molecule has 0 fully saturated rings. The number of hydrogen-bond acceptors (Lipinski definition) is 4. The number of carbonyl (C=O) groups excluding carboxylic acids is 2. The molecule has 0 saturated heterocycles. The summed E-state index contributed by atoms with van der Waals surface area (Å²) >= 11 is 0. The van der Waals surface area contributed by atoms with E-state index >= 15 is 0 Å². The van der Waals surface area contributed by atoms with Crippen molar-refractivity contribution in [2.24, 2.45) is 0 Å². The van der Waals surface area contributed by atoms with Gasteiger partial charge >= 0.3 is 6.03 Å². The molecular weight excluding hydrogens is 406 g/mol. The minimum Gasteiger partial charge on any atom is -0.323 e. The Morgan fingerprint density at radius 3 is 2.00 bits per heavy atom. The topological polar surface area (TPSA) is 83.8 Å². The lowest BCUT2D eigenvalue weighted by molar-refractivity contribution is -0.384. The van der Waals surface area contributed by atoms with E-state index < -0.39 is 16.9 Å². The third-order valence-corrected chi connectivity index (χ3v) is 4.91. The van der Waals surface area contributed by atoms with Crippen LogP contribution in [0.4, 0.5) is 16.2 Å². The first-order valence-electron chi connectivity index (χ1n) is 10.0. The molecule has 0 saturated carbocycles. The molecule has 162 valence electrons. The molecule has 0 unspecified atom stereocenters. The monoisotopic (exact) mass is 429 g/mol. The van der Waals surface area contributed by atoms with E-state index in [1.807, 2.05) is 48.5 Å². The quantitative estimate of drug-likeness (QED) is 0.303. The zero-order valence-electron chi connectivity index (χ0n) is 17.8. The number of urea groups is 1. The fourth-order valence-electron chi connectivity index (χ4n) is 3.29. The van der Waals surface area contributed by atoms with Crippen molar-refractivity contribution >= 4 is 28.9 Å². The van der Waals surface area contributed by atoms with Crippen LogP contribution in [-0.2, 0) is 11.3 Å². The predicted molar refractivity (Wildman–Crippen MR) is 124 cm³/mol. The molecule has 0 N–H and O–H groups in total. The summed E-state index contributed by atoms with van der Waals surface area (Å²) in [5.41, 5.74) is 2.06. The number of hydrogen-bond donors (Lipinski definition) is 0. The van der Waals surface area contributed by atoms with E-state index in [1.54, 1.807) is 32.2 Å². The van der Waals surface area contributed by atoms with E-state index in [4.69, 9.17) is 0 Å². The third kappa shape index (κ3) is 5.07. The van der Waals surface area contributed by atoms with Crippen LogP contribution in [0, 0.1) is 10.1 Å². The first-order valence-corrected chi connectivity index (χ1v) is 10.0. The van der Waals surface area contributed by atoms with Gasteiger partial charge in [-0.1, -0.05) is 66.7 Å². The van der Waals surface area contributed by atoms with Crippen molar-refractivity contribution in [3.8, 4) is 0 Å². The summed E-state index contributed by atoms with van der Waals surface area (Å²) in [6, 6.07) is 23.3. The molecule has 3 rings (SSSR count). The summed E-state index contributed by atoms with van der Waals surface area (Å²) in [5, 5.41) is 11.0. The van der Waals surface area contributed by atoms with Gasteiger partial charge in [0, 0.05) is 31.3 Å². The Bertz CT molecular complexity index is 1130. The van der Waals surface area contributed by atoms with Crippen LogP contribution in [0.5, 0.6) is 0 Å². The molecule has 0 spiro atoms. The van der Waals surface area contributed by atoms with Gasteiger partial charge < -0.3 is 4.90 Å². The lowest BCUT2D eigenvalue weighted by atomic mass is 10.0. The summed E-state index contributed by atoms with van der Waals surface area (Å²) in [5.74, 6) is -0.516. The summed E-state index contributed by atoms with van der Waals surface area (Å²) in [4.78, 5) is 40.0. The molecule has 7 nitrogen and oxygen atoms in total. The lowest BCUT2D eigenvalue weighted by Crippen LogP contribution is -2.45. The van der Waals surface area contributed by atoms with Gasteiger partial charge in [-0.15, -0.1) is 0 Å². The van der Waals surface area contributed by atoms with Crippen molar-refractivity contribution in [1.29, 1.82) is 0 Å². The molecule has 3 amide bonds. The normalized spacial score (nSPS) is 11.0. The molecule has 0 aliphatic heterocycles. The maximum absolute atomic E-state index is 13.6. The Balaban J connectivity index is 1.99. The zero-order valence-corrected chi connectivity index (χ0v) is 17.8. The molecule has 0 heterocycles. The molecule has 0 aromatic heterocycles. The number of benzene rings is 3. The molecule has 0 bridgehead atoms. The Morgan fingerprint density at radius 1 is 0.906 bits per heavy atom. The first kappa shape index (κ1) is 22.4. The Hall–Kier alpha value is -4.26. The molecule has 0 aliphatic carbocycles. The minimum absolute atomic E-state index is 0.124. The lowest BCUT2D eigenvalue weighted by Gasteiger charge is -2.28. The Kier molecular flexibility index (Phi) is 7.13. The number of carbonyl (C=O) groups is 2. The maximum Gasteiger partial charge on any atom is 0.331 e. The van der Waals surface area contributed by atoms with Crippen molar-refractivity contribution in [3.63, 3.8) is 0 Å². The van der Waals surface area contributed by atoms with Gasteiger partial charge in [-0.2, -0.15) is 0 Å². The Morgan fingerprint density at radius 2 is 1.47 bits per heavy atom. The minimum atomic E-state index is -0.539. The van der Waals surface area contributed by atoms with Gasteiger partial charge in [0.1, 0.15) is 0 Å². The van der Waals surface area contributed by atoms with Crippen LogP contribution >= 0.6 is 0 Å².